The van der Waals surface area contributed by atoms with Gasteiger partial charge in [0.1, 0.15) is 23.0 Å². The van der Waals surface area contributed by atoms with Crippen molar-refractivity contribution < 1.29 is 23.2 Å². The first kappa shape index (κ1) is 14.1. The van der Waals surface area contributed by atoms with Gasteiger partial charge in [0.2, 0.25) is 0 Å². The first-order valence-electron chi connectivity index (χ1n) is 5.85. The lowest BCUT2D eigenvalue weighted by molar-refractivity contribution is -0.133. The van der Waals surface area contributed by atoms with E-state index in [2.05, 4.69) is 5.32 Å². The van der Waals surface area contributed by atoms with Gasteiger partial charge in [0.25, 0.3) is 5.91 Å². The Morgan fingerprint density at radius 2 is 2.00 bits per heavy atom. The Morgan fingerprint density at radius 3 is 2.60 bits per heavy atom. The van der Waals surface area contributed by atoms with Crippen LogP contribution in [0.2, 0.25) is 0 Å². The van der Waals surface area contributed by atoms with Gasteiger partial charge < -0.3 is 5.32 Å². The van der Waals surface area contributed by atoms with E-state index < -0.39 is 41.4 Å². The zero-order valence-electron chi connectivity index (χ0n) is 10.9. The number of rotatable bonds is 3. The molecule has 5 nitrogen and oxygen atoms in total. The van der Waals surface area contributed by atoms with Crippen molar-refractivity contribution in [3.63, 3.8) is 0 Å². The summed E-state index contributed by atoms with van der Waals surface area (Å²) in [5.41, 5.74) is -2.00. The predicted octanol–water partition coefficient (Wildman–Crippen LogP) is 1.32. The third-order valence-corrected chi connectivity index (χ3v) is 3.12. The van der Waals surface area contributed by atoms with E-state index in [0.29, 0.717) is 4.90 Å². The molecule has 106 valence electrons. The normalized spacial score (nSPS) is 22.1. The number of halogens is 2. The minimum absolute atomic E-state index is 0.276. The number of Topliss-reactive ketones (excluding diaryl/α,β-unsaturated/α-hetero) is 1. The molecule has 0 aromatic heterocycles. The molecule has 1 aromatic carbocycles. The van der Waals surface area contributed by atoms with E-state index in [4.69, 9.17) is 0 Å². The van der Waals surface area contributed by atoms with Gasteiger partial charge in [-0.15, -0.1) is 0 Å². The van der Waals surface area contributed by atoms with Crippen LogP contribution in [-0.4, -0.2) is 29.2 Å². The molecule has 1 saturated heterocycles. The van der Waals surface area contributed by atoms with Gasteiger partial charge in [0, 0.05) is 5.56 Å². The van der Waals surface area contributed by atoms with Gasteiger partial charge in [0.15, 0.2) is 0 Å². The van der Waals surface area contributed by atoms with Crippen LogP contribution in [0.25, 0.3) is 0 Å². The van der Waals surface area contributed by atoms with E-state index in [0.717, 1.165) is 18.2 Å². The fourth-order valence-electron chi connectivity index (χ4n) is 2.13. The van der Waals surface area contributed by atoms with Crippen LogP contribution in [0.5, 0.6) is 0 Å². The number of urea groups is 1. The standard InChI is InChI=1S/C13H12F2N2O3/c1-7(18)6-17-11(19)13(2,16-12(17)20)9-5-8(14)3-4-10(9)15/h3-5H,6H2,1-2H3,(H,16,20)/t13-/m0/s1. The third-order valence-electron chi connectivity index (χ3n) is 3.12. The maximum Gasteiger partial charge on any atom is 0.325 e. The number of hydrogen-bond acceptors (Lipinski definition) is 3. The summed E-state index contributed by atoms with van der Waals surface area (Å²) in [6.07, 6.45) is 0. The minimum Gasteiger partial charge on any atom is -0.319 e. The molecule has 0 unspecified atom stereocenters. The van der Waals surface area contributed by atoms with E-state index in [1.165, 1.54) is 13.8 Å². The number of nitrogens with one attached hydrogen (secondary N) is 1. The highest BCUT2D eigenvalue weighted by molar-refractivity contribution is 6.09. The van der Waals surface area contributed by atoms with Crippen molar-refractivity contribution in [1.82, 2.24) is 10.2 Å². The maximum absolute atomic E-state index is 13.8. The molecule has 0 saturated carbocycles. The summed E-state index contributed by atoms with van der Waals surface area (Å²) < 4.78 is 27.0. The topological polar surface area (TPSA) is 66.5 Å². The summed E-state index contributed by atoms with van der Waals surface area (Å²) in [5.74, 6) is -2.72. The average molecular weight is 282 g/mol. The van der Waals surface area contributed by atoms with Crippen molar-refractivity contribution in [3.8, 4) is 0 Å². The van der Waals surface area contributed by atoms with Crippen LogP contribution >= 0.6 is 0 Å². The third kappa shape index (κ3) is 2.15. The van der Waals surface area contributed by atoms with Gasteiger partial charge in [0.05, 0.1) is 6.54 Å². The van der Waals surface area contributed by atoms with Crippen molar-refractivity contribution >= 4 is 17.7 Å². The lowest BCUT2D eigenvalue weighted by Gasteiger charge is -2.22. The van der Waals surface area contributed by atoms with Crippen molar-refractivity contribution in [2.75, 3.05) is 6.54 Å². The smallest absolute Gasteiger partial charge is 0.319 e. The lowest BCUT2D eigenvalue weighted by atomic mass is 9.91. The second-order valence-corrected chi connectivity index (χ2v) is 4.77. The second-order valence-electron chi connectivity index (χ2n) is 4.77. The van der Waals surface area contributed by atoms with Gasteiger partial charge >= 0.3 is 6.03 Å². The highest BCUT2D eigenvalue weighted by Crippen LogP contribution is 2.31. The van der Waals surface area contributed by atoms with Crippen molar-refractivity contribution in [2.24, 2.45) is 0 Å². The molecule has 20 heavy (non-hydrogen) atoms. The van der Waals surface area contributed by atoms with Crippen molar-refractivity contribution in [3.05, 3.63) is 35.4 Å². The number of carbonyl (C=O) groups excluding carboxylic acids is 3. The van der Waals surface area contributed by atoms with Gasteiger partial charge in [-0.05, 0) is 32.0 Å². The number of carbonyl (C=O) groups is 3. The number of ketones is 1. The Balaban J connectivity index is 2.46. The molecule has 1 N–H and O–H groups in total. The highest BCUT2D eigenvalue weighted by atomic mass is 19.1. The SMILES string of the molecule is CC(=O)CN1C(=O)N[C@@](C)(c2cc(F)ccc2F)C1=O. The molecule has 1 aliphatic heterocycles. The average Bonchev–Trinajstić information content (AvgIpc) is 2.56. The molecule has 3 amide bonds. The zero-order chi connectivity index (χ0) is 15.1. The molecule has 1 heterocycles. The fraction of sp³-hybridized carbons (Fsp3) is 0.308. The molecule has 0 spiro atoms. The molecule has 7 heteroatoms. The van der Waals surface area contributed by atoms with Gasteiger partial charge in [-0.2, -0.15) is 0 Å². The zero-order valence-corrected chi connectivity index (χ0v) is 10.9. The predicted molar refractivity (Wildman–Crippen MR) is 64.6 cm³/mol. The number of benzene rings is 1. The quantitative estimate of drug-likeness (QED) is 0.850. The van der Waals surface area contributed by atoms with E-state index >= 15 is 0 Å². The number of nitrogens with zero attached hydrogens (tertiary/aromatic N) is 1. The summed E-state index contributed by atoms with van der Waals surface area (Å²) in [4.78, 5) is 35.7. The van der Waals surface area contributed by atoms with Crippen LogP contribution in [0, 0.1) is 11.6 Å². The molecule has 0 radical (unpaired) electrons. The van der Waals surface area contributed by atoms with Gasteiger partial charge in [-0.1, -0.05) is 0 Å². The summed E-state index contributed by atoms with van der Waals surface area (Å²) in [7, 11) is 0. The van der Waals surface area contributed by atoms with Gasteiger partial charge in [-0.3, -0.25) is 14.5 Å². The van der Waals surface area contributed by atoms with Gasteiger partial charge in [-0.25, -0.2) is 13.6 Å². The first-order chi connectivity index (χ1) is 9.25. The summed E-state index contributed by atoms with van der Waals surface area (Å²) in [6.45, 7) is 2.08. The molecular weight excluding hydrogens is 270 g/mol. The highest BCUT2D eigenvalue weighted by Gasteiger charge is 2.50. The largest absolute Gasteiger partial charge is 0.325 e. The number of hydrogen-bond donors (Lipinski definition) is 1. The van der Waals surface area contributed by atoms with E-state index in [1.54, 1.807) is 0 Å². The molecule has 2 rings (SSSR count). The maximum atomic E-state index is 13.8. The van der Waals surface area contributed by atoms with Crippen LogP contribution in [0.1, 0.15) is 19.4 Å². The summed E-state index contributed by atoms with van der Waals surface area (Å²) in [5, 5.41) is 2.30. The van der Waals surface area contributed by atoms with E-state index in [1.807, 2.05) is 0 Å². The van der Waals surface area contributed by atoms with Crippen LogP contribution in [0.15, 0.2) is 18.2 Å². The molecule has 1 atom stereocenters. The summed E-state index contributed by atoms with van der Waals surface area (Å²) >= 11 is 0. The summed E-state index contributed by atoms with van der Waals surface area (Å²) in [6, 6.07) is 1.83. The molecule has 1 aromatic rings. The van der Waals surface area contributed by atoms with Crippen LogP contribution in [-0.2, 0) is 15.1 Å². The Hall–Kier alpha value is -2.31. The number of imide groups is 1. The Bertz CT molecular complexity index is 618. The molecule has 0 aliphatic carbocycles. The molecular formula is C13H12F2N2O3. The Kier molecular flexibility index (Phi) is 3.29. The monoisotopic (exact) mass is 282 g/mol. The minimum atomic E-state index is -1.72. The van der Waals surface area contributed by atoms with Crippen LogP contribution in [0.4, 0.5) is 13.6 Å². The fourth-order valence-corrected chi connectivity index (χ4v) is 2.13. The van der Waals surface area contributed by atoms with Crippen LogP contribution < -0.4 is 5.32 Å². The molecule has 0 bridgehead atoms. The van der Waals surface area contributed by atoms with Crippen molar-refractivity contribution in [1.29, 1.82) is 0 Å². The van der Waals surface area contributed by atoms with Crippen molar-refractivity contribution in [2.45, 2.75) is 19.4 Å². The second kappa shape index (κ2) is 4.66. The number of amides is 3. The Morgan fingerprint density at radius 1 is 1.35 bits per heavy atom. The first-order valence-corrected chi connectivity index (χ1v) is 5.85. The van der Waals surface area contributed by atoms with E-state index in [9.17, 15) is 23.2 Å². The van der Waals surface area contributed by atoms with E-state index in [-0.39, 0.29) is 5.56 Å². The van der Waals surface area contributed by atoms with Crippen LogP contribution in [0.3, 0.4) is 0 Å². The molecule has 1 aliphatic rings. The lowest BCUT2D eigenvalue weighted by Crippen LogP contribution is -2.42. The Labute approximate surface area is 113 Å². The molecule has 1 fully saturated rings.